The Morgan fingerprint density at radius 1 is 0.571 bits per heavy atom. The van der Waals surface area contributed by atoms with Crippen LogP contribution in [0.3, 0.4) is 0 Å². The third-order valence-electron chi connectivity index (χ3n) is 8.60. The van der Waals surface area contributed by atoms with Gasteiger partial charge in [-0.05, 0) is 44.0 Å². The van der Waals surface area contributed by atoms with Gasteiger partial charge in [-0.2, -0.15) is 0 Å². The molecule has 1 aromatic heterocycles. The number of rotatable bonds is 10. The first kappa shape index (κ1) is 27.7. The number of hydrogen-bond acceptors (Lipinski definition) is 1. The van der Waals surface area contributed by atoms with Crippen LogP contribution in [0.1, 0.15) is 42.3 Å². The van der Waals surface area contributed by atoms with Crippen LogP contribution in [-0.2, 0) is 6.17 Å². The van der Waals surface area contributed by atoms with Gasteiger partial charge in [0.2, 0.25) is 7.28 Å². The van der Waals surface area contributed by atoms with Crippen molar-refractivity contribution < 1.29 is 0 Å². The fourth-order valence-corrected chi connectivity index (χ4v) is 10.9. The van der Waals surface area contributed by atoms with Crippen LogP contribution in [0.5, 0.6) is 0 Å². The summed E-state index contributed by atoms with van der Waals surface area (Å²) in [5.74, 6) is 0.722. The summed E-state index contributed by atoms with van der Waals surface area (Å²) in [6, 6.07) is 53.6. The summed E-state index contributed by atoms with van der Waals surface area (Å²) in [7, 11) is -1.67. The smallest absolute Gasteiger partial charge is 0.217 e. The number of imidazole rings is 1. The molecular weight excluding hydrogens is 523 g/mol. The number of aromatic nitrogens is 2. The van der Waals surface area contributed by atoms with Crippen LogP contribution in [0.2, 0.25) is 0 Å². The standard InChI is InChI=1S/C38H37BN2Si/c1-30(2)31-23-25-36(26-24-31)42(34-19-11-5-12-20-34,35-21-13-6-14-22-35)29-41-28-27-40-38(41)39-37(32-15-7-3-8-16-32)33-17-9-4-10-18-33/h3-28,30,37,39H,29H2,1-2H3. The Bertz CT molecular complexity index is 1600. The van der Waals surface area contributed by atoms with Gasteiger partial charge in [-0.15, -0.1) is 0 Å². The van der Waals surface area contributed by atoms with Crippen molar-refractivity contribution >= 4 is 36.6 Å². The molecule has 2 nitrogen and oxygen atoms in total. The third-order valence-corrected chi connectivity index (χ3v) is 13.4. The van der Waals surface area contributed by atoms with Crippen molar-refractivity contribution in [3.8, 4) is 0 Å². The highest BCUT2D eigenvalue weighted by Gasteiger charge is 2.40. The summed E-state index contributed by atoms with van der Waals surface area (Å²) in [4.78, 5) is 4.99. The maximum Gasteiger partial charge on any atom is 0.217 e. The van der Waals surface area contributed by atoms with E-state index in [9.17, 15) is 0 Å². The van der Waals surface area contributed by atoms with Crippen molar-refractivity contribution in [2.45, 2.75) is 31.8 Å². The minimum absolute atomic E-state index is 0.225. The number of benzene rings is 5. The van der Waals surface area contributed by atoms with E-state index < -0.39 is 8.07 Å². The Morgan fingerprint density at radius 3 is 1.50 bits per heavy atom. The molecule has 0 fully saturated rings. The molecule has 0 aliphatic heterocycles. The summed E-state index contributed by atoms with van der Waals surface area (Å²) in [6.07, 6.45) is 5.06. The van der Waals surface area contributed by atoms with E-state index in [4.69, 9.17) is 4.98 Å². The SMILES string of the molecule is CC(C)c1ccc([Si](Cn2ccnc2BC(c2ccccc2)c2ccccc2)(c2ccccc2)c2ccccc2)cc1. The predicted molar refractivity (Wildman–Crippen MR) is 182 cm³/mol. The molecule has 42 heavy (non-hydrogen) atoms. The average molecular weight is 561 g/mol. The summed E-state index contributed by atoms with van der Waals surface area (Å²) < 4.78 is 2.45. The molecule has 1 heterocycles. The molecule has 0 aliphatic rings. The molecule has 6 aromatic rings. The van der Waals surface area contributed by atoms with Crippen molar-refractivity contribution in [1.82, 2.24) is 9.55 Å². The second-order valence-corrected chi connectivity index (χ2v) is 15.3. The molecule has 0 saturated carbocycles. The van der Waals surface area contributed by atoms with Gasteiger partial charge < -0.3 is 4.57 Å². The fraction of sp³-hybridized carbons (Fsp3) is 0.132. The quantitative estimate of drug-likeness (QED) is 0.158. The van der Waals surface area contributed by atoms with Crippen molar-refractivity contribution in [2.24, 2.45) is 0 Å². The molecular formula is C38H37BN2Si. The molecule has 5 aromatic carbocycles. The van der Waals surface area contributed by atoms with Gasteiger partial charge in [0.25, 0.3) is 0 Å². The maximum atomic E-state index is 4.99. The Kier molecular flexibility index (Phi) is 8.34. The maximum absolute atomic E-state index is 4.99. The molecule has 4 heteroatoms. The van der Waals surface area contributed by atoms with Gasteiger partial charge in [0.15, 0.2) is 8.07 Å². The Labute approximate surface area is 252 Å². The highest BCUT2D eigenvalue weighted by Crippen LogP contribution is 2.23. The lowest BCUT2D eigenvalue weighted by Crippen LogP contribution is -2.70. The summed E-state index contributed by atoms with van der Waals surface area (Å²) in [5, 5.41) is 4.25. The van der Waals surface area contributed by atoms with Crippen molar-refractivity contribution in [2.75, 3.05) is 0 Å². The second kappa shape index (κ2) is 12.6. The molecule has 0 atom stereocenters. The number of nitrogens with zero attached hydrogens (tertiary/aromatic N) is 2. The van der Waals surface area contributed by atoms with Crippen molar-refractivity contribution in [3.05, 3.63) is 175 Å². The van der Waals surface area contributed by atoms with Gasteiger partial charge in [0.1, 0.15) is 0 Å². The molecule has 0 saturated heterocycles. The van der Waals surface area contributed by atoms with Crippen LogP contribution >= 0.6 is 0 Å². The minimum atomic E-state index is -2.50. The van der Waals surface area contributed by atoms with E-state index in [0.29, 0.717) is 5.92 Å². The largest absolute Gasteiger partial charge is 0.345 e. The van der Waals surface area contributed by atoms with Gasteiger partial charge >= 0.3 is 0 Å². The molecule has 6 rings (SSSR count). The van der Waals surface area contributed by atoms with Crippen molar-refractivity contribution in [3.63, 3.8) is 0 Å². The molecule has 206 valence electrons. The number of hydrogen-bond donors (Lipinski definition) is 0. The first-order valence-electron chi connectivity index (χ1n) is 15.0. The van der Waals surface area contributed by atoms with Crippen LogP contribution in [0, 0.1) is 0 Å². The van der Waals surface area contributed by atoms with E-state index >= 15 is 0 Å². The summed E-state index contributed by atoms with van der Waals surface area (Å²) in [5.41, 5.74) is 5.13. The van der Waals surface area contributed by atoms with E-state index in [1.54, 1.807) is 0 Å². The van der Waals surface area contributed by atoms with Crippen LogP contribution in [-0.4, -0.2) is 24.9 Å². The average Bonchev–Trinajstić information content (AvgIpc) is 3.50. The van der Waals surface area contributed by atoms with Gasteiger partial charge in [0.05, 0.1) is 5.72 Å². The van der Waals surface area contributed by atoms with Crippen LogP contribution in [0.25, 0.3) is 0 Å². The predicted octanol–water partition coefficient (Wildman–Crippen LogP) is 5.57. The normalized spacial score (nSPS) is 11.6. The van der Waals surface area contributed by atoms with E-state index in [2.05, 4.69) is 170 Å². The molecule has 0 radical (unpaired) electrons. The summed E-state index contributed by atoms with van der Waals surface area (Å²) in [6.45, 7) is 4.53. The van der Waals surface area contributed by atoms with E-state index in [1.165, 1.54) is 32.3 Å². The highest BCUT2D eigenvalue weighted by molar-refractivity contribution is 7.10. The first-order chi connectivity index (χ1) is 20.6. The first-order valence-corrected chi connectivity index (χ1v) is 17.2. The zero-order chi connectivity index (χ0) is 28.8. The topological polar surface area (TPSA) is 17.8 Å². The molecule has 0 spiro atoms. The van der Waals surface area contributed by atoms with Gasteiger partial charge in [0, 0.05) is 18.6 Å². The summed E-state index contributed by atoms with van der Waals surface area (Å²) >= 11 is 0. The minimum Gasteiger partial charge on any atom is -0.345 e. The van der Waals surface area contributed by atoms with E-state index in [1.807, 2.05) is 6.20 Å². The lowest BCUT2D eigenvalue weighted by atomic mass is 9.58. The van der Waals surface area contributed by atoms with Gasteiger partial charge in [-0.25, -0.2) is 0 Å². The second-order valence-electron chi connectivity index (χ2n) is 11.5. The molecule has 0 unspecified atom stereocenters. The molecule has 0 N–H and O–H groups in total. The van der Waals surface area contributed by atoms with Crippen LogP contribution in [0.15, 0.2) is 158 Å². The Morgan fingerprint density at radius 2 is 1.02 bits per heavy atom. The van der Waals surface area contributed by atoms with E-state index in [-0.39, 0.29) is 5.82 Å². The molecule has 0 bridgehead atoms. The fourth-order valence-electron chi connectivity index (χ4n) is 6.28. The third kappa shape index (κ3) is 5.68. The van der Waals surface area contributed by atoms with Crippen LogP contribution < -0.4 is 21.3 Å². The van der Waals surface area contributed by atoms with Crippen LogP contribution in [0.4, 0.5) is 0 Å². The Hall–Kier alpha value is -4.41. The monoisotopic (exact) mass is 560 g/mol. The lowest BCUT2D eigenvalue weighted by Gasteiger charge is -2.35. The van der Waals surface area contributed by atoms with Crippen molar-refractivity contribution in [1.29, 1.82) is 0 Å². The Balaban J connectivity index is 1.48. The molecule has 0 amide bonds. The highest BCUT2D eigenvalue weighted by atomic mass is 28.3. The van der Waals surface area contributed by atoms with E-state index in [0.717, 1.165) is 19.2 Å². The molecule has 0 aliphatic carbocycles. The lowest BCUT2D eigenvalue weighted by molar-refractivity contribution is 0.866. The zero-order valence-corrected chi connectivity index (χ0v) is 25.5. The van der Waals surface area contributed by atoms with Gasteiger partial charge in [-0.3, -0.25) is 4.98 Å². The van der Waals surface area contributed by atoms with Gasteiger partial charge in [-0.1, -0.05) is 159 Å². The zero-order valence-electron chi connectivity index (χ0n) is 24.5.